The summed E-state index contributed by atoms with van der Waals surface area (Å²) in [6, 6.07) is 0. The van der Waals surface area contributed by atoms with Crippen molar-refractivity contribution in [3.8, 4) is 0 Å². The topological polar surface area (TPSA) is 36.9 Å². The van der Waals surface area contributed by atoms with Gasteiger partial charge in [0.05, 0.1) is 0 Å². The predicted octanol–water partition coefficient (Wildman–Crippen LogP) is 4.83. The zero-order valence-electron chi connectivity index (χ0n) is 16.0. The van der Waals surface area contributed by atoms with Gasteiger partial charge < -0.3 is 17.7 Å². The molecule has 22 heavy (non-hydrogen) atoms. The largest absolute Gasteiger partial charge is 0.395 e. The van der Waals surface area contributed by atoms with Crippen LogP contribution in [0.5, 0.6) is 0 Å². The first-order valence-corrected chi connectivity index (χ1v) is 14.4. The van der Waals surface area contributed by atoms with Gasteiger partial charge in [-0.2, -0.15) is 0 Å². The Morgan fingerprint density at radius 2 is 1.00 bits per heavy atom. The highest BCUT2D eigenvalue weighted by atomic mass is 28.4. The van der Waals surface area contributed by atoms with Crippen molar-refractivity contribution in [3.63, 3.8) is 0 Å². The standard InChI is InChI=1S/C16H38O4Si2/c1-9-17-21(5,6)19-15(3)13-11-12-14-16(4)20-22(7,8)18-10-2/h15-16H,9-14H2,1-8H3. The van der Waals surface area contributed by atoms with E-state index in [0.29, 0.717) is 0 Å². The normalized spacial score (nSPS) is 15.8. The minimum Gasteiger partial charge on any atom is -0.395 e. The highest BCUT2D eigenvalue weighted by Gasteiger charge is 2.27. The quantitative estimate of drug-likeness (QED) is 0.352. The van der Waals surface area contributed by atoms with Crippen molar-refractivity contribution in [1.29, 1.82) is 0 Å². The van der Waals surface area contributed by atoms with Crippen LogP contribution in [0.15, 0.2) is 0 Å². The van der Waals surface area contributed by atoms with Gasteiger partial charge in [0, 0.05) is 25.4 Å². The summed E-state index contributed by atoms with van der Waals surface area (Å²) in [7, 11) is -3.85. The summed E-state index contributed by atoms with van der Waals surface area (Å²) in [5.41, 5.74) is 0. The van der Waals surface area contributed by atoms with Crippen molar-refractivity contribution in [2.75, 3.05) is 13.2 Å². The first-order chi connectivity index (χ1) is 10.1. The lowest BCUT2D eigenvalue weighted by Gasteiger charge is -2.27. The van der Waals surface area contributed by atoms with Crippen LogP contribution < -0.4 is 0 Å². The second kappa shape index (κ2) is 10.9. The summed E-state index contributed by atoms with van der Waals surface area (Å²) in [6.45, 7) is 18.3. The van der Waals surface area contributed by atoms with Crippen molar-refractivity contribution in [2.24, 2.45) is 0 Å². The van der Waals surface area contributed by atoms with Crippen LogP contribution in [-0.2, 0) is 17.7 Å². The van der Waals surface area contributed by atoms with Gasteiger partial charge in [0.25, 0.3) is 0 Å². The third-order valence-electron chi connectivity index (χ3n) is 3.43. The molecule has 0 fully saturated rings. The van der Waals surface area contributed by atoms with Crippen molar-refractivity contribution >= 4 is 17.1 Å². The summed E-state index contributed by atoms with van der Waals surface area (Å²) in [5, 5.41) is 0. The molecule has 2 atom stereocenters. The van der Waals surface area contributed by atoms with E-state index in [1.165, 1.54) is 12.8 Å². The molecule has 0 aromatic heterocycles. The molecule has 0 heterocycles. The second-order valence-corrected chi connectivity index (χ2v) is 13.5. The van der Waals surface area contributed by atoms with E-state index in [-0.39, 0.29) is 12.2 Å². The minimum absolute atomic E-state index is 0.277. The van der Waals surface area contributed by atoms with Crippen LogP contribution in [-0.4, -0.2) is 42.5 Å². The molecule has 0 aliphatic heterocycles. The molecular weight excluding hydrogens is 312 g/mol. The lowest BCUT2D eigenvalue weighted by molar-refractivity contribution is 0.117. The summed E-state index contributed by atoms with van der Waals surface area (Å²) in [6.07, 6.45) is 5.06. The molecular formula is C16H38O4Si2. The van der Waals surface area contributed by atoms with Gasteiger partial charge in [-0.15, -0.1) is 0 Å². The first kappa shape index (κ1) is 22.3. The maximum atomic E-state index is 6.07. The molecule has 4 nitrogen and oxygen atoms in total. The molecule has 2 unspecified atom stereocenters. The average Bonchev–Trinajstić information content (AvgIpc) is 2.33. The number of hydrogen-bond donors (Lipinski definition) is 0. The molecule has 0 saturated heterocycles. The van der Waals surface area contributed by atoms with Crippen LogP contribution in [0.3, 0.4) is 0 Å². The average molecular weight is 351 g/mol. The Kier molecular flexibility index (Phi) is 11.1. The fraction of sp³-hybridized carbons (Fsp3) is 1.00. The number of hydrogen-bond acceptors (Lipinski definition) is 4. The Morgan fingerprint density at radius 3 is 1.27 bits per heavy atom. The van der Waals surface area contributed by atoms with Crippen molar-refractivity contribution in [2.45, 2.75) is 91.8 Å². The first-order valence-electron chi connectivity index (χ1n) is 8.75. The Bertz CT molecular complexity index is 257. The molecule has 0 radical (unpaired) electrons. The van der Waals surface area contributed by atoms with Crippen LogP contribution in [0.25, 0.3) is 0 Å². The predicted molar refractivity (Wildman–Crippen MR) is 97.8 cm³/mol. The molecule has 0 N–H and O–H groups in total. The van der Waals surface area contributed by atoms with Gasteiger partial charge in [0.1, 0.15) is 0 Å². The monoisotopic (exact) mass is 350 g/mol. The molecule has 0 aromatic carbocycles. The van der Waals surface area contributed by atoms with Crippen molar-refractivity contribution in [3.05, 3.63) is 0 Å². The summed E-state index contributed by atoms with van der Waals surface area (Å²) < 4.78 is 23.6. The molecule has 0 aliphatic carbocycles. The van der Waals surface area contributed by atoms with Crippen molar-refractivity contribution < 1.29 is 17.7 Å². The molecule has 6 heteroatoms. The van der Waals surface area contributed by atoms with Crippen LogP contribution in [0, 0.1) is 0 Å². The lowest BCUT2D eigenvalue weighted by Crippen LogP contribution is -2.38. The summed E-state index contributed by atoms with van der Waals surface area (Å²) in [4.78, 5) is 0. The van der Waals surface area contributed by atoms with E-state index in [1.807, 2.05) is 13.8 Å². The van der Waals surface area contributed by atoms with Gasteiger partial charge in [0.15, 0.2) is 0 Å². The van der Waals surface area contributed by atoms with Gasteiger partial charge in [0.2, 0.25) is 0 Å². The fourth-order valence-electron chi connectivity index (χ4n) is 2.71. The third kappa shape index (κ3) is 11.8. The van der Waals surface area contributed by atoms with Crippen LogP contribution in [0.2, 0.25) is 26.2 Å². The van der Waals surface area contributed by atoms with Crippen LogP contribution >= 0.6 is 0 Å². The van der Waals surface area contributed by atoms with E-state index in [1.54, 1.807) is 0 Å². The number of rotatable bonds is 13. The molecule has 0 spiro atoms. The zero-order valence-corrected chi connectivity index (χ0v) is 18.0. The van der Waals surface area contributed by atoms with Crippen LogP contribution in [0.4, 0.5) is 0 Å². The SMILES string of the molecule is CCO[Si](C)(C)OC(C)CCCCC(C)O[Si](C)(C)OCC. The molecule has 134 valence electrons. The van der Waals surface area contributed by atoms with Gasteiger partial charge in [-0.1, -0.05) is 12.8 Å². The van der Waals surface area contributed by atoms with E-state index in [2.05, 4.69) is 40.0 Å². The third-order valence-corrected chi connectivity index (χ3v) is 7.33. The highest BCUT2D eigenvalue weighted by Crippen LogP contribution is 2.17. The van der Waals surface area contributed by atoms with Gasteiger partial charge in [-0.05, 0) is 66.7 Å². The molecule has 0 aromatic rings. The summed E-state index contributed by atoms with van der Waals surface area (Å²) >= 11 is 0. The van der Waals surface area contributed by atoms with Crippen LogP contribution in [0.1, 0.15) is 53.4 Å². The van der Waals surface area contributed by atoms with E-state index in [9.17, 15) is 0 Å². The van der Waals surface area contributed by atoms with Crippen molar-refractivity contribution in [1.82, 2.24) is 0 Å². The molecule has 0 rings (SSSR count). The second-order valence-electron chi connectivity index (χ2n) is 6.81. The Labute approximate surface area is 140 Å². The Morgan fingerprint density at radius 1 is 0.682 bits per heavy atom. The van der Waals surface area contributed by atoms with Gasteiger partial charge in [-0.3, -0.25) is 0 Å². The lowest BCUT2D eigenvalue weighted by atomic mass is 10.1. The highest BCUT2D eigenvalue weighted by molar-refractivity contribution is 6.64. The smallest absolute Gasteiger partial charge is 0.331 e. The van der Waals surface area contributed by atoms with Gasteiger partial charge in [-0.25, -0.2) is 0 Å². The molecule has 0 bridgehead atoms. The maximum absolute atomic E-state index is 6.07. The van der Waals surface area contributed by atoms with E-state index >= 15 is 0 Å². The van der Waals surface area contributed by atoms with Gasteiger partial charge >= 0.3 is 17.1 Å². The Balaban J connectivity index is 3.83. The molecule has 0 saturated carbocycles. The molecule has 0 aliphatic rings. The maximum Gasteiger partial charge on any atom is 0.331 e. The Hall–Kier alpha value is 0.274. The molecule has 0 amide bonds. The zero-order chi connectivity index (χ0) is 17.2. The summed E-state index contributed by atoms with van der Waals surface area (Å²) in [5.74, 6) is 0. The number of unbranched alkanes of at least 4 members (excludes halogenated alkanes) is 1. The minimum atomic E-state index is -1.93. The van der Waals surface area contributed by atoms with E-state index in [0.717, 1.165) is 26.1 Å². The van der Waals surface area contributed by atoms with E-state index < -0.39 is 17.1 Å². The fourth-order valence-corrected chi connectivity index (χ4v) is 6.41. The van der Waals surface area contributed by atoms with E-state index in [4.69, 9.17) is 17.7 Å².